The maximum absolute atomic E-state index is 12.0. The van der Waals surface area contributed by atoms with Crippen LogP contribution in [0.15, 0.2) is 17.1 Å². The van der Waals surface area contributed by atoms with Gasteiger partial charge in [0.25, 0.3) is 5.56 Å². The third-order valence-corrected chi connectivity index (χ3v) is 6.07. The number of halogens is 1. The van der Waals surface area contributed by atoms with E-state index in [0.717, 1.165) is 22.0 Å². The highest BCUT2D eigenvalue weighted by Gasteiger charge is 2.26. The summed E-state index contributed by atoms with van der Waals surface area (Å²) in [5.41, 5.74) is 0.965. The van der Waals surface area contributed by atoms with Crippen LogP contribution in [0.25, 0.3) is 0 Å². The van der Waals surface area contributed by atoms with E-state index >= 15 is 0 Å². The zero-order chi connectivity index (χ0) is 14.9. The van der Waals surface area contributed by atoms with E-state index in [1.54, 1.807) is 10.6 Å². The molecule has 0 amide bonds. The number of nitrogens with zero attached hydrogens (tertiary/aromatic N) is 2. The van der Waals surface area contributed by atoms with Crippen molar-refractivity contribution in [2.75, 3.05) is 19.3 Å². The van der Waals surface area contributed by atoms with E-state index in [1.807, 2.05) is 13.1 Å². The van der Waals surface area contributed by atoms with Crippen LogP contribution in [-0.4, -0.2) is 36.6 Å². The lowest BCUT2D eigenvalue weighted by Crippen LogP contribution is -2.41. The molecule has 2 rings (SSSR count). The highest BCUT2D eigenvalue weighted by atomic mass is 127. The Hall–Kier alpha value is -0.410. The van der Waals surface area contributed by atoms with E-state index in [4.69, 9.17) is 0 Å². The predicted molar refractivity (Wildman–Crippen MR) is 87.3 cm³/mol. The molecular formula is C13H19IN2O3S. The Morgan fingerprint density at radius 2 is 2.15 bits per heavy atom. The van der Waals surface area contributed by atoms with Crippen molar-refractivity contribution in [1.29, 1.82) is 0 Å². The van der Waals surface area contributed by atoms with Gasteiger partial charge in [-0.1, -0.05) is 0 Å². The van der Waals surface area contributed by atoms with Crippen LogP contribution in [0.4, 0.5) is 0 Å². The number of aromatic nitrogens is 1. The summed E-state index contributed by atoms with van der Waals surface area (Å²) < 4.78 is 27.5. The van der Waals surface area contributed by atoms with E-state index in [1.165, 1.54) is 10.6 Å². The molecule has 1 aliphatic rings. The standard InChI is InChI=1S/C13H19IN2O3S/c1-10-6-13(17)15(9-12(10)14)7-11-4-3-5-16(8-11)20(2,18)19/h6,9,11H,3-5,7-8H2,1-2H3. The first-order valence-corrected chi connectivity index (χ1v) is 9.52. The lowest BCUT2D eigenvalue weighted by Gasteiger charge is -2.31. The van der Waals surface area contributed by atoms with E-state index in [9.17, 15) is 13.2 Å². The van der Waals surface area contributed by atoms with Gasteiger partial charge in [-0.25, -0.2) is 12.7 Å². The van der Waals surface area contributed by atoms with Gasteiger partial charge in [-0.3, -0.25) is 4.79 Å². The Morgan fingerprint density at radius 1 is 1.45 bits per heavy atom. The number of aryl methyl sites for hydroxylation is 1. The van der Waals surface area contributed by atoms with Crippen molar-refractivity contribution in [3.05, 3.63) is 31.8 Å². The summed E-state index contributed by atoms with van der Waals surface area (Å²) in [5, 5.41) is 0. The smallest absolute Gasteiger partial charge is 0.250 e. The van der Waals surface area contributed by atoms with Gasteiger partial charge >= 0.3 is 0 Å². The number of hydrogen-bond acceptors (Lipinski definition) is 3. The molecule has 5 nitrogen and oxygen atoms in total. The quantitative estimate of drug-likeness (QED) is 0.709. The maximum Gasteiger partial charge on any atom is 0.250 e. The summed E-state index contributed by atoms with van der Waals surface area (Å²) in [7, 11) is -3.13. The number of rotatable bonds is 3. The Morgan fingerprint density at radius 3 is 2.80 bits per heavy atom. The first-order valence-electron chi connectivity index (χ1n) is 6.59. The molecule has 0 aliphatic carbocycles. The second kappa shape index (κ2) is 6.15. The van der Waals surface area contributed by atoms with Gasteiger partial charge in [-0.2, -0.15) is 0 Å². The molecule has 20 heavy (non-hydrogen) atoms. The van der Waals surface area contributed by atoms with Gasteiger partial charge in [0.1, 0.15) is 0 Å². The third-order valence-electron chi connectivity index (χ3n) is 3.67. The molecular weight excluding hydrogens is 391 g/mol. The molecule has 1 aliphatic heterocycles. The fourth-order valence-electron chi connectivity index (χ4n) is 2.54. The molecule has 1 aromatic heterocycles. The first kappa shape index (κ1) is 16.0. The van der Waals surface area contributed by atoms with Crippen LogP contribution in [0, 0.1) is 16.4 Å². The summed E-state index contributed by atoms with van der Waals surface area (Å²) in [4.78, 5) is 12.0. The Balaban J connectivity index is 2.14. The van der Waals surface area contributed by atoms with E-state index in [0.29, 0.717) is 19.6 Å². The van der Waals surface area contributed by atoms with Crippen molar-refractivity contribution in [2.45, 2.75) is 26.3 Å². The molecule has 1 saturated heterocycles. The fourth-order valence-corrected chi connectivity index (χ4v) is 3.97. The minimum absolute atomic E-state index is 0.0144. The van der Waals surface area contributed by atoms with Crippen LogP contribution in [0.5, 0.6) is 0 Å². The predicted octanol–water partition coefficient (Wildman–Crippen LogP) is 1.43. The molecule has 112 valence electrons. The van der Waals surface area contributed by atoms with Crippen molar-refractivity contribution in [3.63, 3.8) is 0 Å². The molecule has 1 aromatic rings. The SMILES string of the molecule is Cc1cc(=O)n(CC2CCCN(S(C)(=O)=O)C2)cc1I. The number of pyridine rings is 1. The molecule has 0 radical (unpaired) electrons. The average molecular weight is 410 g/mol. The Kier molecular flexibility index (Phi) is 4.91. The highest BCUT2D eigenvalue weighted by Crippen LogP contribution is 2.20. The van der Waals surface area contributed by atoms with E-state index in [2.05, 4.69) is 22.6 Å². The van der Waals surface area contributed by atoms with Crippen LogP contribution in [0.3, 0.4) is 0 Å². The molecule has 1 unspecified atom stereocenters. The zero-order valence-electron chi connectivity index (χ0n) is 11.7. The van der Waals surface area contributed by atoms with Crippen molar-refractivity contribution in [2.24, 2.45) is 5.92 Å². The Bertz CT molecular complexity index is 654. The molecule has 2 heterocycles. The van der Waals surface area contributed by atoms with Crippen LogP contribution in [-0.2, 0) is 16.6 Å². The molecule has 7 heteroatoms. The summed E-state index contributed by atoms with van der Waals surface area (Å²) in [6.07, 6.45) is 4.92. The van der Waals surface area contributed by atoms with Crippen molar-refractivity contribution >= 4 is 32.6 Å². The molecule has 0 bridgehead atoms. The average Bonchev–Trinajstić information content (AvgIpc) is 2.35. The van der Waals surface area contributed by atoms with Gasteiger partial charge in [0.15, 0.2) is 0 Å². The highest BCUT2D eigenvalue weighted by molar-refractivity contribution is 14.1. The van der Waals surface area contributed by atoms with Gasteiger partial charge in [0, 0.05) is 35.5 Å². The third kappa shape index (κ3) is 3.82. The summed E-state index contributed by atoms with van der Waals surface area (Å²) >= 11 is 2.21. The number of sulfonamides is 1. The molecule has 0 saturated carbocycles. The summed E-state index contributed by atoms with van der Waals surface area (Å²) in [5.74, 6) is 0.203. The monoisotopic (exact) mass is 410 g/mol. The van der Waals surface area contributed by atoms with E-state index < -0.39 is 10.0 Å². The second-order valence-corrected chi connectivity index (χ2v) is 8.57. The topological polar surface area (TPSA) is 59.4 Å². The van der Waals surface area contributed by atoms with Crippen LogP contribution in [0.2, 0.25) is 0 Å². The molecule has 0 aromatic carbocycles. The van der Waals surface area contributed by atoms with Crippen LogP contribution < -0.4 is 5.56 Å². The first-order chi connectivity index (χ1) is 9.27. The molecule has 0 spiro atoms. The van der Waals surface area contributed by atoms with Crippen molar-refractivity contribution in [1.82, 2.24) is 8.87 Å². The molecule has 1 atom stereocenters. The van der Waals surface area contributed by atoms with Gasteiger partial charge in [0.05, 0.1) is 6.26 Å². The minimum Gasteiger partial charge on any atom is -0.314 e. The van der Waals surface area contributed by atoms with Gasteiger partial charge in [0.2, 0.25) is 10.0 Å². The van der Waals surface area contributed by atoms with Crippen molar-refractivity contribution < 1.29 is 8.42 Å². The fraction of sp³-hybridized carbons (Fsp3) is 0.615. The lowest BCUT2D eigenvalue weighted by molar-refractivity contribution is 0.244. The second-order valence-electron chi connectivity index (χ2n) is 5.42. The van der Waals surface area contributed by atoms with Crippen molar-refractivity contribution in [3.8, 4) is 0 Å². The normalized spacial score (nSPS) is 21.1. The number of piperidine rings is 1. The van der Waals surface area contributed by atoms with Gasteiger partial charge < -0.3 is 4.57 Å². The van der Waals surface area contributed by atoms with Gasteiger partial charge in [-0.15, -0.1) is 0 Å². The van der Waals surface area contributed by atoms with Crippen LogP contribution >= 0.6 is 22.6 Å². The van der Waals surface area contributed by atoms with Gasteiger partial charge in [-0.05, 0) is 53.8 Å². The summed E-state index contributed by atoms with van der Waals surface area (Å²) in [6.45, 7) is 3.60. The van der Waals surface area contributed by atoms with Crippen LogP contribution in [0.1, 0.15) is 18.4 Å². The molecule has 1 fully saturated rings. The Labute approximate surface area is 133 Å². The minimum atomic E-state index is -3.13. The number of hydrogen-bond donors (Lipinski definition) is 0. The lowest BCUT2D eigenvalue weighted by atomic mass is 9.99. The largest absolute Gasteiger partial charge is 0.314 e. The zero-order valence-corrected chi connectivity index (χ0v) is 14.6. The summed E-state index contributed by atoms with van der Waals surface area (Å²) in [6, 6.07) is 1.64. The maximum atomic E-state index is 12.0. The van der Waals surface area contributed by atoms with E-state index in [-0.39, 0.29) is 11.5 Å². The molecule has 0 N–H and O–H groups in total.